The summed E-state index contributed by atoms with van der Waals surface area (Å²) >= 11 is 0. The van der Waals surface area contributed by atoms with E-state index in [4.69, 9.17) is 0 Å². The highest BCUT2D eigenvalue weighted by Gasteiger charge is 1.97. The van der Waals surface area contributed by atoms with Crippen LogP contribution in [0.15, 0.2) is 0 Å². The monoisotopic (exact) mass is 168 g/mol. The second kappa shape index (κ2) is 7.70. The van der Waals surface area contributed by atoms with Crippen LogP contribution in [0.2, 0.25) is 12.1 Å². The Morgan fingerprint density at radius 3 is 2.08 bits per heavy atom. The number of hydrogen-bond acceptors (Lipinski definition) is 0. The molecule has 1 heteroatoms. The maximum atomic E-state index is 2.31. The lowest BCUT2D eigenvalue weighted by Crippen LogP contribution is -1.94. The molecule has 0 spiro atoms. The third-order valence-electron chi connectivity index (χ3n) is 2.31. The van der Waals surface area contributed by atoms with Gasteiger partial charge in [0.05, 0.1) is 0 Å². The van der Waals surface area contributed by atoms with Crippen LogP contribution in [0.1, 0.15) is 53.4 Å². The molecule has 0 aliphatic carbocycles. The Morgan fingerprint density at radius 1 is 0.917 bits per heavy atom. The van der Waals surface area contributed by atoms with E-state index < -0.39 is 0 Å². The Bertz CT molecular complexity index is 75.0. The molecule has 0 amide bonds. The number of hydrogen-bond donors (Lipinski definition) is 0. The fourth-order valence-corrected chi connectivity index (χ4v) is 1.46. The van der Waals surface area contributed by atoms with E-state index in [-0.39, 0.29) is 0 Å². The zero-order chi connectivity index (χ0) is 9.40. The van der Waals surface area contributed by atoms with Gasteiger partial charge in [-0.05, 0) is 5.92 Å². The normalized spacial score (nSPS) is 11.2. The van der Waals surface area contributed by atoms with E-state index in [1.165, 1.54) is 39.3 Å². The number of unbranched alkanes of at least 4 members (excludes halogenated alkanes) is 2. The van der Waals surface area contributed by atoms with Crippen molar-refractivity contribution >= 4 is 7.28 Å². The third-order valence-corrected chi connectivity index (χ3v) is 2.31. The molecule has 72 valence electrons. The van der Waals surface area contributed by atoms with Crippen LogP contribution in [-0.2, 0) is 0 Å². The molecule has 0 aliphatic heterocycles. The molecule has 0 aromatic carbocycles. The first-order chi connectivity index (χ1) is 5.63. The Balaban J connectivity index is 2.91. The molecule has 0 rings (SSSR count). The van der Waals surface area contributed by atoms with Crippen LogP contribution in [0.25, 0.3) is 0 Å². The minimum atomic E-state index is 0.898. The quantitative estimate of drug-likeness (QED) is 0.399. The van der Waals surface area contributed by atoms with Crippen molar-refractivity contribution in [1.29, 1.82) is 0 Å². The maximum Gasteiger partial charge on any atom is 0.123 e. The lowest BCUT2D eigenvalue weighted by Gasteiger charge is -2.04. The van der Waals surface area contributed by atoms with Gasteiger partial charge in [0.15, 0.2) is 0 Å². The molecule has 0 N–H and O–H groups in total. The molecule has 0 saturated heterocycles. The van der Waals surface area contributed by atoms with Crippen molar-refractivity contribution in [3.63, 3.8) is 0 Å². The van der Waals surface area contributed by atoms with Crippen LogP contribution in [0, 0.1) is 5.92 Å². The van der Waals surface area contributed by atoms with E-state index in [9.17, 15) is 0 Å². The van der Waals surface area contributed by atoms with Gasteiger partial charge in [-0.15, -0.1) is 0 Å². The lowest BCUT2D eigenvalue weighted by atomic mass is 9.63. The Labute approximate surface area is 79.4 Å². The van der Waals surface area contributed by atoms with Gasteiger partial charge in [-0.25, -0.2) is 0 Å². The molecule has 0 radical (unpaired) electrons. The zero-order valence-electron chi connectivity index (χ0n) is 9.40. The third kappa shape index (κ3) is 10.1. The molecule has 0 nitrogen and oxygen atoms in total. The highest BCUT2D eigenvalue weighted by atomic mass is 14.0. The van der Waals surface area contributed by atoms with Crippen molar-refractivity contribution in [2.24, 2.45) is 5.92 Å². The van der Waals surface area contributed by atoms with Gasteiger partial charge in [-0.2, -0.15) is 0 Å². The Hall–Kier alpha value is 0.0649. The highest BCUT2D eigenvalue weighted by molar-refractivity contribution is 6.37. The molecule has 0 aliphatic rings. The van der Waals surface area contributed by atoms with Crippen molar-refractivity contribution in [2.45, 2.75) is 65.5 Å². The van der Waals surface area contributed by atoms with Crippen LogP contribution < -0.4 is 0 Å². The molecular formula is C11H25B. The summed E-state index contributed by atoms with van der Waals surface area (Å²) in [7, 11) is 1.42. The zero-order valence-corrected chi connectivity index (χ0v) is 9.40. The van der Waals surface area contributed by atoms with Gasteiger partial charge in [0, 0.05) is 0 Å². The van der Waals surface area contributed by atoms with Gasteiger partial charge in [0.25, 0.3) is 0 Å². The van der Waals surface area contributed by atoms with E-state index in [1.807, 2.05) is 0 Å². The Kier molecular flexibility index (Phi) is 7.74. The Morgan fingerprint density at radius 2 is 1.58 bits per heavy atom. The van der Waals surface area contributed by atoms with E-state index >= 15 is 0 Å². The summed E-state index contributed by atoms with van der Waals surface area (Å²) < 4.78 is 0. The molecule has 0 unspecified atom stereocenters. The summed E-state index contributed by atoms with van der Waals surface area (Å²) in [6.45, 7) is 9.25. The first-order valence-electron chi connectivity index (χ1n) is 5.63. The van der Waals surface area contributed by atoms with Crippen molar-refractivity contribution in [1.82, 2.24) is 0 Å². The molecule has 0 atom stereocenters. The van der Waals surface area contributed by atoms with Gasteiger partial charge in [0.2, 0.25) is 0 Å². The fourth-order valence-electron chi connectivity index (χ4n) is 1.46. The van der Waals surface area contributed by atoms with Gasteiger partial charge in [0.1, 0.15) is 7.28 Å². The van der Waals surface area contributed by atoms with Gasteiger partial charge in [-0.1, -0.05) is 65.5 Å². The summed E-state index contributed by atoms with van der Waals surface area (Å²) in [6.07, 6.45) is 7.20. The van der Waals surface area contributed by atoms with Crippen LogP contribution in [0.3, 0.4) is 0 Å². The summed E-state index contributed by atoms with van der Waals surface area (Å²) in [5.41, 5.74) is 0. The minimum absolute atomic E-state index is 0.898. The molecule has 0 heterocycles. The molecule has 0 aromatic rings. The summed E-state index contributed by atoms with van der Waals surface area (Å²) in [4.78, 5) is 0. The predicted molar refractivity (Wildman–Crippen MR) is 60.4 cm³/mol. The van der Waals surface area contributed by atoms with Gasteiger partial charge < -0.3 is 0 Å². The van der Waals surface area contributed by atoms with Crippen LogP contribution in [0.5, 0.6) is 0 Å². The lowest BCUT2D eigenvalue weighted by molar-refractivity contribution is 0.534. The largest absolute Gasteiger partial charge is 0.123 e. The van der Waals surface area contributed by atoms with Crippen LogP contribution >= 0.6 is 0 Å². The topological polar surface area (TPSA) is 0 Å². The fraction of sp³-hybridized carbons (Fsp3) is 1.00. The predicted octanol–water partition coefficient (Wildman–Crippen LogP) is 3.89. The first-order valence-corrected chi connectivity index (χ1v) is 5.63. The SMILES string of the molecule is CC(C)BCCCCCC(C)C. The summed E-state index contributed by atoms with van der Waals surface area (Å²) in [5, 5.41) is 0. The molecule has 12 heavy (non-hydrogen) atoms. The minimum Gasteiger partial charge on any atom is -0.0772 e. The van der Waals surface area contributed by atoms with Crippen LogP contribution in [0.4, 0.5) is 0 Å². The van der Waals surface area contributed by atoms with Crippen molar-refractivity contribution in [2.75, 3.05) is 0 Å². The molecule has 0 aromatic heterocycles. The molecule has 0 saturated carbocycles. The van der Waals surface area contributed by atoms with Gasteiger partial charge >= 0.3 is 0 Å². The van der Waals surface area contributed by atoms with E-state index in [0.29, 0.717) is 0 Å². The van der Waals surface area contributed by atoms with Crippen LogP contribution in [-0.4, -0.2) is 7.28 Å². The smallest absolute Gasteiger partial charge is 0.0772 e. The van der Waals surface area contributed by atoms with Gasteiger partial charge in [-0.3, -0.25) is 0 Å². The van der Waals surface area contributed by atoms with Crippen molar-refractivity contribution in [3.8, 4) is 0 Å². The second-order valence-corrected chi connectivity index (χ2v) is 4.78. The average molecular weight is 168 g/mol. The second-order valence-electron chi connectivity index (χ2n) is 4.78. The highest BCUT2D eigenvalue weighted by Crippen LogP contribution is 2.11. The standard InChI is InChI=1S/C11H25B/c1-10(2)8-6-5-7-9-12-11(3)4/h10-12H,5-9H2,1-4H3. The molecular weight excluding hydrogens is 143 g/mol. The molecule has 0 bridgehead atoms. The van der Waals surface area contributed by atoms with Crippen molar-refractivity contribution in [3.05, 3.63) is 0 Å². The maximum absolute atomic E-state index is 2.31. The average Bonchev–Trinajstić information content (AvgIpc) is 1.95. The summed E-state index contributed by atoms with van der Waals surface area (Å²) in [5.74, 6) is 1.80. The van der Waals surface area contributed by atoms with E-state index in [0.717, 1.165) is 11.7 Å². The van der Waals surface area contributed by atoms with Crippen molar-refractivity contribution < 1.29 is 0 Å². The van der Waals surface area contributed by atoms with E-state index in [2.05, 4.69) is 27.7 Å². The summed E-state index contributed by atoms with van der Waals surface area (Å²) in [6, 6.07) is 0. The first kappa shape index (κ1) is 12.1. The number of rotatable bonds is 7. The van der Waals surface area contributed by atoms with E-state index in [1.54, 1.807) is 0 Å². The molecule has 0 fully saturated rings.